The Morgan fingerprint density at radius 3 is 2.61 bits per heavy atom. The van der Waals surface area contributed by atoms with Crippen molar-refractivity contribution in [3.63, 3.8) is 0 Å². The molecule has 0 bridgehead atoms. The lowest BCUT2D eigenvalue weighted by molar-refractivity contribution is 0.420. The largest absolute Gasteiger partial charge is 0.308 e. The third-order valence-electron chi connectivity index (χ3n) is 4.15. The van der Waals surface area contributed by atoms with Crippen molar-refractivity contribution in [3.05, 3.63) is 68.7 Å². The van der Waals surface area contributed by atoms with Gasteiger partial charge in [0.05, 0.1) is 12.3 Å². The lowest BCUT2D eigenvalue weighted by Gasteiger charge is -2.13. The summed E-state index contributed by atoms with van der Waals surface area (Å²) in [6.07, 6.45) is 1.88. The summed E-state index contributed by atoms with van der Waals surface area (Å²) in [4.78, 5) is 7.04. The number of fused-ring (bicyclic) bond motifs is 2. The zero-order valence-corrected chi connectivity index (χ0v) is 15.0. The summed E-state index contributed by atoms with van der Waals surface area (Å²) in [5.74, 6) is 0. The first kappa shape index (κ1) is 16.5. The maximum absolute atomic E-state index is 6.46. The highest BCUT2D eigenvalue weighted by Gasteiger charge is 2.21. The van der Waals surface area contributed by atoms with E-state index in [1.54, 1.807) is 0 Å². The zero-order chi connectivity index (χ0) is 16.4. The van der Waals surface area contributed by atoms with Gasteiger partial charge in [-0.1, -0.05) is 47.5 Å². The number of aliphatic imine (C=N–C) groups is 1. The molecule has 3 rings (SSSR count). The van der Waals surface area contributed by atoms with E-state index in [0.717, 1.165) is 47.8 Å². The van der Waals surface area contributed by atoms with E-state index in [1.807, 2.05) is 12.1 Å². The molecule has 1 aliphatic carbocycles. The van der Waals surface area contributed by atoms with Crippen LogP contribution in [-0.4, -0.2) is 37.8 Å². The smallest absolute Gasteiger partial charge is 0.0726 e. The van der Waals surface area contributed by atoms with Gasteiger partial charge in [0.2, 0.25) is 0 Å². The van der Waals surface area contributed by atoms with Gasteiger partial charge < -0.3 is 4.90 Å². The van der Waals surface area contributed by atoms with Crippen molar-refractivity contribution < 1.29 is 0 Å². The molecule has 2 aromatic carbocycles. The first-order valence-corrected chi connectivity index (χ1v) is 8.57. The molecule has 0 radical (unpaired) electrons. The standard InChI is InChI=1S/C19H20Cl2N2/c1-23(2)10-9-22-19-15-6-4-3-5-13(15)7-8-16-17(19)11-14(20)12-18(16)21/h3-6,11-12H,7-10H2,1-2H3/b22-19+. The molecule has 0 spiro atoms. The van der Waals surface area contributed by atoms with Crippen LogP contribution in [0.5, 0.6) is 0 Å². The van der Waals surface area contributed by atoms with Crippen LogP contribution >= 0.6 is 23.2 Å². The van der Waals surface area contributed by atoms with E-state index in [1.165, 1.54) is 11.1 Å². The fourth-order valence-corrected chi connectivity index (χ4v) is 3.56. The van der Waals surface area contributed by atoms with Crippen LogP contribution in [0.15, 0.2) is 41.4 Å². The molecule has 4 heteroatoms. The average Bonchev–Trinajstić information content (AvgIpc) is 2.65. The number of hydrogen-bond donors (Lipinski definition) is 0. The molecule has 2 aromatic rings. The van der Waals surface area contributed by atoms with Crippen LogP contribution in [0, 0.1) is 0 Å². The molecule has 0 atom stereocenters. The molecule has 0 aliphatic heterocycles. The van der Waals surface area contributed by atoms with E-state index in [9.17, 15) is 0 Å². The Morgan fingerprint density at radius 2 is 1.83 bits per heavy atom. The minimum absolute atomic E-state index is 0.661. The Labute approximate surface area is 147 Å². The van der Waals surface area contributed by atoms with Crippen molar-refractivity contribution in [1.82, 2.24) is 4.90 Å². The topological polar surface area (TPSA) is 15.6 Å². The molecule has 23 heavy (non-hydrogen) atoms. The average molecular weight is 347 g/mol. The molecule has 0 saturated heterocycles. The highest BCUT2D eigenvalue weighted by atomic mass is 35.5. The number of rotatable bonds is 3. The summed E-state index contributed by atoms with van der Waals surface area (Å²) < 4.78 is 0. The molecule has 0 unspecified atom stereocenters. The van der Waals surface area contributed by atoms with Gasteiger partial charge in [-0.25, -0.2) is 0 Å². The number of benzene rings is 2. The zero-order valence-electron chi connectivity index (χ0n) is 13.4. The summed E-state index contributed by atoms with van der Waals surface area (Å²) in [6, 6.07) is 12.3. The van der Waals surface area contributed by atoms with E-state index in [0.29, 0.717) is 5.02 Å². The second kappa shape index (κ2) is 7.04. The van der Waals surface area contributed by atoms with Gasteiger partial charge in [-0.2, -0.15) is 0 Å². The van der Waals surface area contributed by atoms with Crippen molar-refractivity contribution in [1.29, 1.82) is 0 Å². The van der Waals surface area contributed by atoms with Gasteiger partial charge in [0.15, 0.2) is 0 Å². The number of hydrogen-bond acceptors (Lipinski definition) is 2. The van der Waals surface area contributed by atoms with Crippen molar-refractivity contribution in [3.8, 4) is 0 Å². The number of aryl methyl sites for hydroxylation is 1. The highest BCUT2D eigenvalue weighted by molar-refractivity contribution is 6.36. The SMILES string of the molecule is CN(C)CC/N=C1\c2ccccc2CCc2c(Cl)cc(Cl)cc21. The van der Waals surface area contributed by atoms with Gasteiger partial charge in [0.25, 0.3) is 0 Å². The molecular formula is C19H20Cl2N2. The quantitative estimate of drug-likeness (QED) is 0.799. The fraction of sp³-hybridized carbons (Fsp3) is 0.316. The van der Waals surface area contributed by atoms with Gasteiger partial charge in [-0.15, -0.1) is 0 Å². The van der Waals surface area contributed by atoms with Crippen LogP contribution in [0.3, 0.4) is 0 Å². The first-order chi connectivity index (χ1) is 11.1. The Balaban J connectivity index is 2.15. The van der Waals surface area contributed by atoms with Crippen molar-refractivity contribution in [2.75, 3.05) is 27.2 Å². The van der Waals surface area contributed by atoms with Gasteiger partial charge in [0.1, 0.15) is 0 Å². The Hall–Kier alpha value is -1.35. The lowest BCUT2D eigenvalue weighted by atomic mass is 9.98. The van der Waals surface area contributed by atoms with Crippen molar-refractivity contribution >= 4 is 28.9 Å². The Bertz CT molecular complexity index is 751. The van der Waals surface area contributed by atoms with E-state index in [-0.39, 0.29) is 0 Å². The lowest BCUT2D eigenvalue weighted by Crippen LogP contribution is -2.17. The maximum Gasteiger partial charge on any atom is 0.0726 e. The van der Waals surface area contributed by atoms with Crippen LogP contribution in [0.4, 0.5) is 0 Å². The highest BCUT2D eigenvalue weighted by Crippen LogP contribution is 2.32. The van der Waals surface area contributed by atoms with E-state index >= 15 is 0 Å². The van der Waals surface area contributed by atoms with Crippen LogP contribution in [-0.2, 0) is 12.8 Å². The van der Waals surface area contributed by atoms with Crippen molar-refractivity contribution in [2.24, 2.45) is 4.99 Å². The summed E-state index contributed by atoms with van der Waals surface area (Å²) in [7, 11) is 4.12. The third-order valence-corrected chi connectivity index (χ3v) is 4.70. The maximum atomic E-state index is 6.46. The van der Waals surface area contributed by atoms with Crippen LogP contribution in [0.1, 0.15) is 22.3 Å². The number of halogens is 2. The van der Waals surface area contributed by atoms with E-state index in [2.05, 4.69) is 43.3 Å². The van der Waals surface area contributed by atoms with Gasteiger partial charge in [-0.05, 0) is 50.2 Å². The molecule has 0 aromatic heterocycles. The minimum Gasteiger partial charge on any atom is -0.308 e. The van der Waals surface area contributed by atoms with Crippen LogP contribution < -0.4 is 0 Å². The first-order valence-electron chi connectivity index (χ1n) is 7.82. The number of nitrogens with zero attached hydrogens (tertiary/aromatic N) is 2. The minimum atomic E-state index is 0.661. The molecular weight excluding hydrogens is 327 g/mol. The monoisotopic (exact) mass is 346 g/mol. The second-order valence-electron chi connectivity index (χ2n) is 6.10. The van der Waals surface area contributed by atoms with Crippen LogP contribution in [0.2, 0.25) is 10.0 Å². The number of likely N-dealkylation sites (N-methyl/N-ethyl adjacent to an activating group) is 1. The fourth-order valence-electron chi connectivity index (χ4n) is 2.98. The molecule has 1 aliphatic rings. The van der Waals surface area contributed by atoms with Crippen LogP contribution in [0.25, 0.3) is 0 Å². The normalized spacial score (nSPS) is 15.4. The molecule has 0 amide bonds. The summed E-state index contributed by atoms with van der Waals surface area (Å²) in [5, 5.41) is 1.40. The summed E-state index contributed by atoms with van der Waals surface area (Å²) in [6.45, 7) is 1.66. The van der Waals surface area contributed by atoms with E-state index in [4.69, 9.17) is 28.2 Å². The Morgan fingerprint density at radius 1 is 1.04 bits per heavy atom. The molecule has 0 saturated carbocycles. The van der Waals surface area contributed by atoms with Gasteiger partial charge in [0, 0.05) is 27.7 Å². The Kier molecular flexibility index (Phi) is 5.05. The van der Waals surface area contributed by atoms with E-state index < -0.39 is 0 Å². The molecule has 2 nitrogen and oxygen atoms in total. The summed E-state index contributed by atoms with van der Waals surface area (Å²) in [5.41, 5.74) is 5.75. The van der Waals surface area contributed by atoms with Crippen molar-refractivity contribution in [2.45, 2.75) is 12.8 Å². The van der Waals surface area contributed by atoms with Gasteiger partial charge >= 0.3 is 0 Å². The molecule has 0 heterocycles. The third kappa shape index (κ3) is 3.60. The predicted octanol–water partition coefficient (Wildman–Crippen LogP) is 4.49. The summed E-state index contributed by atoms with van der Waals surface area (Å²) >= 11 is 12.7. The second-order valence-corrected chi connectivity index (χ2v) is 6.95. The molecule has 0 fully saturated rings. The predicted molar refractivity (Wildman–Crippen MR) is 99.4 cm³/mol. The van der Waals surface area contributed by atoms with Gasteiger partial charge in [-0.3, -0.25) is 4.99 Å². The molecule has 120 valence electrons. The molecule has 0 N–H and O–H groups in total.